The normalized spacial score (nSPS) is 15.6. The van der Waals surface area contributed by atoms with Crippen molar-refractivity contribution in [2.24, 2.45) is 0 Å². The van der Waals surface area contributed by atoms with Gasteiger partial charge in [-0.2, -0.15) is 4.98 Å². The molecule has 0 aliphatic heterocycles. The van der Waals surface area contributed by atoms with Gasteiger partial charge in [0.25, 0.3) is 5.89 Å². The number of hydrogen-bond donors (Lipinski definition) is 1. The van der Waals surface area contributed by atoms with Gasteiger partial charge in [0.05, 0.1) is 10.3 Å². The lowest BCUT2D eigenvalue weighted by molar-refractivity contribution is 0.418. The van der Waals surface area contributed by atoms with Crippen LogP contribution in [0.2, 0.25) is 10.0 Å². The number of nitrogens with one attached hydrogen (secondary N) is 1. The highest BCUT2D eigenvalue weighted by Gasteiger charge is 2.52. The smallest absolute Gasteiger partial charge is 0.268 e. The first kappa shape index (κ1) is 15.0. The van der Waals surface area contributed by atoms with Gasteiger partial charge in [0, 0.05) is 28.3 Å². The Hall–Kier alpha value is -1.56. The summed E-state index contributed by atoms with van der Waals surface area (Å²) in [6, 6.07) is 7.68. The van der Waals surface area contributed by atoms with Crippen LogP contribution in [0.3, 0.4) is 0 Å². The maximum absolute atomic E-state index is 6.49. The summed E-state index contributed by atoms with van der Waals surface area (Å²) in [7, 11) is 1.83. The highest BCUT2D eigenvalue weighted by atomic mass is 35.5. The second kappa shape index (κ2) is 5.51. The van der Waals surface area contributed by atoms with Crippen molar-refractivity contribution < 1.29 is 4.52 Å². The molecular weight excluding hydrogens is 353 g/mol. The Labute approximate surface area is 147 Å². The second-order valence-corrected chi connectivity index (χ2v) is 7.31. The number of hydrogen-bond acceptors (Lipinski definition) is 5. The van der Waals surface area contributed by atoms with Crippen LogP contribution in [0, 0.1) is 0 Å². The zero-order chi connectivity index (χ0) is 16.0. The van der Waals surface area contributed by atoms with Crippen molar-refractivity contribution in [3.05, 3.63) is 51.1 Å². The van der Waals surface area contributed by atoms with Crippen LogP contribution in [0.25, 0.3) is 10.8 Å². The highest BCUT2D eigenvalue weighted by Crippen LogP contribution is 2.57. The van der Waals surface area contributed by atoms with Crippen LogP contribution < -0.4 is 5.32 Å². The van der Waals surface area contributed by atoms with E-state index in [4.69, 9.17) is 27.7 Å². The van der Waals surface area contributed by atoms with Crippen molar-refractivity contribution in [1.82, 2.24) is 10.1 Å². The molecule has 1 aliphatic rings. The molecule has 23 heavy (non-hydrogen) atoms. The molecule has 2 aromatic heterocycles. The first-order valence-electron chi connectivity index (χ1n) is 7.19. The largest absolute Gasteiger partial charge is 0.388 e. The van der Waals surface area contributed by atoms with Crippen LogP contribution in [0.15, 0.2) is 34.2 Å². The molecule has 118 valence electrons. The second-order valence-electron chi connectivity index (χ2n) is 5.55. The van der Waals surface area contributed by atoms with E-state index in [0.717, 1.165) is 29.0 Å². The monoisotopic (exact) mass is 365 g/mol. The van der Waals surface area contributed by atoms with E-state index in [2.05, 4.69) is 15.5 Å². The summed E-state index contributed by atoms with van der Waals surface area (Å²) >= 11 is 14.5. The fraction of sp³-hybridized carbons (Fsp3) is 0.250. The molecule has 1 aliphatic carbocycles. The van der Waals surface area contributed by atoms with Crippen molar-refractivity contribution in [3.8, 4) is 10.8 Å². The standard InChI is InChI=1S/C16H13Cl2N3OS/c1-19-9-7-10(17)13(11(18)8-9)16(4-5-16)15-20-14(22-21-15)12-3-2-6-23-12/h2-3,6-8,19H,4-5H2,1H3. The Morgan fingerprint density at radius 3 is 2.57 bits per heavy atom. The number of thiophene rings is 1. The third kappa shape index (κ3) is 2.43. The summed E-state index contributed by atoms with van der Waals surface area (Å²) in [4.78, 5) is 5.55. The van der Waals surface area contributed by atoms with Crippen LogP contribution in [0.5, 0.6) is 0 Å². The van der Waals surface area contributed by atoms with E-state index in [1.807, 2.05) is 36.7 Å². The maximum atomic E-state index is 6.49. The minimum Gasteiger partial charge on any atom is -0.388 e. The van der Waals surface area contributed by atoms with Gasteiger partial charge in [-0.05, 0) is 36.4 Å². The summed E-state index contributed by atoms with van der Waals surface area (Å²) in [5.74, 6) is 1.20. The fourth-order valence-corrected chi connectivity index (χ4v) is 4.30. The van der Waals surface area contributed by atoms with Gasteiger partial charge in [0.15, 0.2) is 5.82 Å². The lowest BCUT2D eigenvalue weighted by Crippen LogP contribution is -2.12. The summed E-state index contributed by atoms with van der Waals surface area (Å²) in [5, 5.41) is 10.5. The first-order valence-corrected chi connectivity index (χ1v) is 8.83. The molecule has 0 radical (unpaired) electrons. The van der Waals surface area contributed by atoms with Crippen LogP contribution in [-0.2, 0) is 5.41 Å². The van der Waals surface area contributed by atoms with Gasteiger partial charge in [-0.3, -0.25) is 0 Å². The molecule has 4 nitrogen and oxygen atoms in total. The summed E-state index contributed by atoms with van der Waals surface area (Å²) in [5.41, 5.74) is 1.43. The van der Waals surface area contributed by atoms with E-state index in [-0.39, 0.29) is 5.41 Å². The molecule has 1 fully saturated rings. The molecule has 0 unspecified atom stereocenters. The van der Waals surface area contributed by atoms with E-state index in [0.29, 0.717) is 21.8 Å². The van der Waals surface area contributed by atoms with E-state index in [9.17, 15) is 0 Å². The molecule has 0 amide bonds. The Bertz CT molecular complexity index is 833. The van der Waals surface area contributed by atoms with Crippen molar-refractivity contribution in [1.29, 1.82) is 0 Å². The maximum Gasteiger partial charge on any atom is 0.268 e. The van der Waals surface area contributed by atoms with E-state index in [1.165, 1.54) is 0 Å². The zero-order valence-electron chi connectivity index (χ0n) is 12.3. The third-order valence-corrected chi connectivity index (χ3v) is 5.60. The van der Waals surface area contributed by atoms with Crippen molar-refractivity contribution >= 4 is 40.2 Å². The SMILES string of the molecule is CNc1cc(Cl)c(C2(c3noc(-c4cccs4)n3)CC2)c(Cl)c1. The van der Waals surface area contributed by atoms with Crippen LogP contribution in [0.4, 0.5) is 5.69 Å². The predicted octanol–water partition coefficient (Wildman–Crippen LogP) is 5.23. The Kier molecular flexibility index (Phi) is 3.59. The number of rotatable bonds is 4. The molecule has 3 aromatic rings. The number of aromatic nitrogens is 2. The van der Waals surface area contributed by atoms with Crippen LogP contribution in [0.1, 0.15) is 24.2 Å². The van der Waals surface area contributed by atoms with Gasteiger partial charge in [-0.1, -0.05) is 34.4 Å². The molecule has 1 aromatic carbocycles. The van der Waals surface area contributed by atoms with Gasteiger partial charge < -0.3 is 9.84 Å². The number of halogens is 2. The molecule has 0 bridgehead atoms. The van der Waals surface area contributed by atoms with Gasteiger partial charge in [-0.25, -0.2) is 0 Å². The molecule has 1 saturated carbocycles. The molecule has 0 atom stereocenters. The Balaban J connectivity index is 1.78. The van der Waals surface area contributed by atoms with E-state index >= 15 is 0 Å². The lowest BCUT2D eigenvalue weighted by Gasteiger charge is -2.16. The average molecular weight is 366 g/mol. The van der Waals surface area contributed by atoms with Crippen LogP contribution >= 0.6 is 34.5 Å². The van der Waals surface area contributed by atoms with Gasteiger partial charge in [0.1, 0.15) is 0 Å². The molecule has 4 rings (SSSR count). The molecular formula is C16H13Cl2N3OS. The Morgan fingerprint density at radius 1 is 1.26 bits per heavy atom. The first-order chi connectivity index (χ1) is 11.1. The molecule has 2 heterocycles. The number of benzene rings is 1. The minimum atomic E-state index is -0.334. The highest BCUT2D eigenvalue weighted by molar-refractivity contribution is 7.13. The fourth-order valence-electron chi connectivity index (χ4n) is 2.80. The van der Waals surface area contributed by atoms with Crippen molar-refractivity contribution in [2.75, 3.05) is 12.4 Å². The zero-order valence-corrected chi connectivity index (χ0v) is 14.6. The summed E-state index contributed by atoms with van der Waals surface area (Å²) in [6.07, 6.45) is 1.82. The Morgan fingerprint density at radius 2 is 2.00 bits per heavy atom. The van der Waals surface area contributed by atoms with Gasteiger partial charge in [-0.15, -0.1) is 11.3 Å². The number of anilines is 1. The lowest BCUT2D eigenvalue weighted by atomic mass is 9.94. The van der Waals surface area contributed by atoms with Gasteiger partial charge >= 0.3 is 0 Å². The van der Waals surface area contributed by atoms with Crippen molar-refractivity contribution in [3.63, 3.8) is 0 Å². The molecule has 0 spiro atoms. The van der Waals surface area contributed by atoms with Crippen molar-refractivity contribution in [2.45, 2.75) is 18.3 Å². The summed E-state index contributed by atoms with van der Waals surface area (Å²) in [6.45, 7) is 0. The van der Waals surface area contributed by atoms with E-state index in [1.54, 1.807) is 11.3 Å². The summed E-state index contributed by atoms with van der Waals surface area (Å²) < 4.78 is 5.43. The molecule has 7 heteroatoms. The van der Waals surface area contributed by atoms with E-state index < -0.39 is 0 Å². The molecule has 0 saturated heterocycles. The van der Waals surface area contributed by atoms with Gasteiger partial charge in [0.2, 0.25) is 0 Å². The minimum absolute atomic E-state index is 0.334. The number of nitrogens with zero attached hydrogens (tertiary/aromatic N) is 2. The predicted molar refractivity (Wildman–Crippen MR) is 93.6 cm³/mol. The third-order valence-electron chi connectivity index (χ3n) is 4.15. The van der Waals surface area contributed by atoms with Crippen LogP contribution in [-0.4, -0.2) is 17.2 Å². The topological polar surface area (TPSA) is 51.0 Å². The molecule has 1 N–H and O–H groups in total. The quantitative estimate of drug-likeness (QED) is 0.687. The average Bonchev–Trinajstić information content (AvgIpc) is 2.97.